The van der Waals surface area contributed by atoms with Crippen molar-refractivity contribution in [3.63, 3.8) is 0 Å². The summed E-state index contributed by atoms with van der Waals surface area (Å²) in [6.45, 7) is 0. The molecule has 0 atom stereocenters. The van der Waals surface area contributed by atoms with Crippen LogP contribution in [-0.4, -0.2) is 14.2 Å². The maximum Gasteiger partial charge on any atom is 0.183 e. The minimum absolute atomic E-state index is 0.351. The molecule has 0 aliphatic heterocycles. The molecule has 0 aliphatic rings. The molecule has 106 valence electrons. The molecule has 0 fully saturated rings. The molecule has 0 radical (unpaired) electrons. The summed E-state index contributed by atoms with van der Waals surface area (Å²) in [5.41, 5.74) is 15.6. The van der Waals surface area contributed by atoms with Gasteiger partial charge in [-0.3, -0.25) is 0 Å². The summed E-state index contributed by atoms with van der Waals surface area (Å²) in [5, 5.41) is 0. The predicted molar refractivity (Wildman–Crippen MR) is 79.8 cm³/mol. The van der Waals surface area contributed by atoms with Crippen LogP contribution in [0.25, 0.3) is 11.1 Å². The Morgan fingerprint density at radius 3 is 2.00 bits per heavy atom. The first kappa shape index (κ1) is 14.7. The molecule has 0 saturated carbocycles. The fourth-order valence-electron chi connectivity index (χ4n) is 2.24. The molecule has 0 bridgehead atoms. The third-order valence-corrected chi connectivity index (χ3v) is 3.24. The molecule has 4 N–H and O–H groups in total. The smallest absolute Gasteiger partial charge is 0.183 e. The lowest BCUT2D eigenvalue weighted by molar-refractivity contribution is -0.106. The maximum atomic E-state index is 5.81. The SMILES string of the molecule is COC(OC)c1ccc(-c2ccccc2C(N)N)cc1. The van der Waals surface area contributed by atoms with Gasteiger partial charge in [-0.25, -0.2) is 0 Å². The topological polar surface area (TPSA) is 70.5 Å². The van der Waals surface area contributed by atoms with Crippen molar-refractivity contribution < 1.29 is 9.47 Å². The average Bonchev–Trinajstić information content (AvgIpc) is 2.49. The molecular weight excluding hydrogens is 252 g/mol. The van der Waals surface area contributed by atoms with Gasteiger partial charge >= 0.3 is 0 Å². The molecule has 0 amide bonds. The van der Waals surface area contributed by atoms with Crippen LogP contribution >= 0.6 is 0 Å². The fraction of sp³-hybridized carbons (Fsp3) is 0.250. The number of nitrogens with two attached hydrogens (primary N) is 2. The molecule has 0 saturated heterocycles. The standard InChI is InChI=1S/C16H20N2O2/c1-19-16(20-2)12-9-7-11(8-10-12)13-5-3-4-6-14(13)15(17)18/h3-10,15-16H,17-18H2,1-2H3. The van der Waals surface area contributed by atoms with Gasteiger partial charge in [-0.15, -0.1) is 0 Å². The van der Waals surface area contributed by atoms with Crippen LogP contribution in [0, 0.1) is 0 Å². The second-order valence-electron chi connectivity index (χ2n) is 4.54. The van der Waals surface area contributed by atoms with Gasteiger partial charge in [0.2, 0.25) is 0 Å². The molecule has 0 aromatic heterocycles. The Bertz CT molecular complexity index is 549. The van der Waals surface area contributed by atoms with Gasteiger partial charge in [0.25, 0.3) is 0 Å². The van der Waals surface area contributed by atoms with Gasteiger partial charge in [0.1, 0.15) is 0 Å². The van der Waals surface area contributed by atoms with Crippen molar-refractivity contribution in [2.45, 2.75) is 12.5 Å². The van der Waals surface area contributed by atoms with E-state index in [1.165, 1.54) is 0 Å². The zero-order valence-electron chi connectivity index (χ0n) is 11.7. The van der Waals surface area contributed by atoms with Crippen LogP contribution in [0.4, 0.5) is 0 Å². The second kappa shape index (κ2) is 6.63. The van der Waals surface area contributed by atoms with E-state index in [0.717, 1.165) is 22.3 Å². The summed E-state index contributed by atoms with van der Waals surface area (Å²) in [4.78, 5) is 0. The summed E-state index contributed by atoms with van der Waals surface area (Å²) in [6.07, 6.45) is -0.840. The molecule has 0 heterocycles. The lowest BCUT2D eigenvalue weighted by Crippen LogP contribution is -2.20. The van der Waals surface area contributed by atoms with Crippen molar-refractivity contribution in [1.82, 2.24) is 0 Å². The Morgan fingerprint density at radius 2 is 1.45 bits per heavy atom. The number of hydrogen-bond donors (Lipinski definition) is 2. The van der Waals surface area contributed by atoms with E-state index in [1.54, 1.807) is 14.2 Å². The van der Waals surface area contributed by atoms with E-state index in [1.807, 2.05) is 48.5 Å². The summed E-state index contributed by atoms with van der Waals surface area (Å²) in [6, 6.07) is 15.9. The normalized spacial score (nSPS) is 11.3. The molecule has 0 aliphatic carbocycles. The van der Waals surface area contributed by atoms with Gasteiger partial charge in [0.15, 0.2) is 6.29 Å². The lowest BCUT2D eigenvalue weighted by Gasteiger charge is -2.16. The average molecular weight is 272 g/mol. The molecule has 2 rings (SSSR count). The molecule has 4 heteroatoms. The molecule has 20 heavy (non-hydrogen) atoms. The molecule has 0 spiro atoms. The summed E-state index contributed by atoms with van der Waals surface area (Å²) in [5.74, 6) is 0. The van der Waals surface area contributed by atoms with Crippen LogP contribution in [0.2, 0.25) is 0 Å². The summed E-state index contributed by atoms with van der Waals surface area (Å²) < 4.78 is 10.5. The fourth-order valence-corrected chi connectivity index (χ4v) is 2.24. The van der Waals surface area contributed by atoms with Gasteiger partial charge < -0.3 is 20.9 Å². The quantitative estimate of drug-likeness (QED) is 0.821. The zero-order chi connectivity index (χ0) is 14.5. The third kappa shape index (κ3) is 3.05. The van der Waals surface area contributed by atoms with Crippen molar-refractivity contribution in [1.29, 1.82) is 0 Å². The van der Waals surface area contributed by atoms with Crippen LogP contribution < -0.4 is 11.5 Å². The highest BCUT2D eigenvalue weighted by atomic mass is 16.7. The van der Waals surface area contributed by atoms with E-state index in [-0.39, 0.29) is 6.29 Å². The third-order valence-electron chi connectivity index (χ3n) is 3.24. The van der Waals surface area contributed by atoms with Crippen molar-refractivity contribution >= 4 is 0 Å². The number of methoxy groups -OCH3 is 2. The van der Waals surface area contributed by atoms with E-state index in [0.29, 0.717) is 0 Å². The molecule has 2 aromatic rings. The highest BCUT2D eigenvalue weighted by molar-refractivity contribution is 5.68. The first-order valence-corrected chi connectivity index (χ1v) is 6.43. The van der Waals surface area contributed by atoms with Crippen molar-refractivity contribution in [3.05, 3.63) is 59.7 Å². The second-order valence-corrected chi connectivity index (χ2v) is 4.54. The van der Waals surface area contributed by atoms with Crippen LogP contribution in [0.5, 0.6) is 0 Å². The first-order chi connectivity index (χ1) is 9.67. The van der Waals surface area contributed by atoms with Gasteiger partial charge in [-0.1, -0.05) is 48.5 Å². The molecule has 0 unspecified atom stereocenters. The largest absolute Gasteiger partial charge is 0.352 e. The Labute approximate surface area is 119 Å². The lowest BCUT2D eigenvalue weighted by atomic mass is 9.97. The Hall–Kier alpha value is -1.72. The highest BCUT2D eigenvalue weighted by Gasteiger charge is 2.11. The Morgan fingerprint density at radius 1 is 0.850 bits per heavy atom. The van der Waals surface area contributed by atoms with Crippen LogP contribution in [0.1, 0.15) is 23.6 Å². The Balaban J connectivity index is 2.35. The van der Waals surface area contributed by atoms with Gasteiger partial charge in [0, 0.05) is 19.8 Å². The number of hydrogen-bond acceptors (Lipinski definition) is 4. The van der Waals surface area contributed by atoms with Gasteiger partial charge in [-0.05, 0) is 16.7 Å². The molecule has 4 nitrogen and oxygen atoms in total. The molecule has 2 aromatic carbocycles. The number of rotatable bonds is 5. The van der Waals surface area contributed by atoms with Crippen LogP contribution in [-0.2, 0) is 9.47 Å². The number of ether oxygens (including phenoxy) is 2. The monoisotopic (exact) mass is 272 g/mol. The van der Waals surface area contributed by atoms with E-state index in [9.17, 15) is 0 Å². The maximum absolute atomic E-state index is 5.81. The van der Waals surface area contributed by atoms with Crippen molar-refractivity contribution in [2.24, 2.45) is 11.5 Å². The van der Waals surface area contributed by atoms with Gasteiger partial charge in [0.05, 0.1) is 6.17 Å². The van der Waals surface area contributed by atoms with Crippen LogP contribution in [0.15, 0.2) is 48.5 Å². The minimum Gasteiger partial charge on any atom is -0.352 e. The minimum atomic E-state index is -0.489. The first-order valence-electron chi connectivity index (χ1n) is 6.43. The highest BCUT2D eigenvalue weighted by Crippen LogP contribution is 2.27. The van der Waals surface area contributed by atoms with E-state index < -0.39 is 6.17 Å². The number of benzene rings is 2. The van der Waals surface area contributed by atoms with E-state index >= 15 is 0 Å². The summed E-state index contributed by atoms with van der Waals surface area (Å²) in [7, 11) is 3.23. The van der Waals surface area contributed by atoms with Gasteiger partial charge in [-0.2, -0.15) is 0 Å². The van der Waals surface area contributed by atoms with Crippen molar-refractivity contribution in [2.75, 3.05) is 14.2 Å². The Kier molecular flexibility index (Phi) is 4.87. The summed E-state index contributed by atoms with van der Waals surface area (Å²) >= 11 is 0. The predicted octanol–water partition coefficient (Wildman–Crippen LogP) is 2.56. The van der Waals surface area contributed by atoms with Crippen molar-refractivity contribution in [3.8, 4) is 11.1 Å². The molecular formula is C16H20N2O2. The zero-order valence-corrected chi connectivity index (χ0v) is 11.7. The van der Waals surface area contributed by atoms with E-state index in [4.69, 9.17) is 20.9 Å². The van der Waals surface area contributed by atoms with E-state index in [2.05, 4.69) is 0 Å². The van der Waals surface area contributed by atoms with Crippen LogP contribution in [0.3, 0.4) is 0 Å².